The van der Waals surface area contributed by atoms with E-state index in [-0.39, 0.29) is 19.1 Å². The van der Waals surface area contributed by atoms with E-state index in [1.807, 2.05) is 39.0 Å². The number of carbonyl (C=O) groups excluding carboxylic acids is 3. The van der Waals surface area contributed by atoms with Crippen molar-refractivity contribution in [1.82, 2.24) is 5.32 Å². The van der Waals surface area contributed by atoms with Gasteiger partial charge in [-0.15, -0.1) is 0 Å². The molecule has 0 bridgehead atoms. The lowest BCUT2D eigenvalue weighted by atomic mass is 10.0. The van der Waals surface area contributed by atoms with Crippen LogP contribution in [0.5, 0.6) is 5.75 Å². The van der Waals surface area contributed by atoms with Gasteiger partial charge in [-0.05, 0) is 47.7 Å². The van der Waals surface area contributed by atoms with Gasteiger partial charge in [-0.2, -0.15) is 0 Å². The summed E-state index contributed by atoms with van der Waals surface area (Å²) in [5.41, 5.74) is 3.26. The van der Waals surface area contributed by atoms with Gasteiger partial charge in [0.2, 0.25) is 0 Å². The first-order valence-electron chi connectivity index (χ1n) is 9.63. The summed E-state index contributed by atoms with van der Waals surface area (Å²) in [7, 11) is 1.31. The molecule has 2 aromatic rings. The summed E-state index contributed by atoms with van der Waals surface area (Å²) < 4.78 is 15.2. The molecule has 7 nitrogen and oxygen atoms in total. The topological polar surface area (TPSA) is 90.9 Å². The molecule has 0 spiro atoms. The van der Waals surface area contributed by atoms with Gasteiger partial charge in [-0.3, -0.25) is 4.79 Å². The molecule has 0 aliphatic heterocycles. The lowest BCUT2D eigenvalue weighted by Crippen LogP contribution is -2.29. The zero-order valence-corrected chi connectivity index (χ0v) is 17.7. The predicted molar refractivity (Wildman–Crippen MR) is 111 cm³/mol. The van der Waals surface area contributed by atoms with E-state index in [0.29, 0.717) is 11.3 Å². The second kappa shape index (κ2) is 11.0. The number of hydrogen-bond donors (Lipinski definition) is 1. The van der Waals surface area contributed by atoms with Crippen LogP contribution in [0.2, 0.25) is 0 Å². The molecule has 7 heteroatoms. The van der Waals surface area contributed by atoms with Crippen LogP contribution in [0.4, 0.5) is 0 Å². The van der Waals surface area contributed by atoms with Gasteiger partial charge < -0.3 is 19.5 Å². The minimum absolute atomic E-state index is 0.245. The smallest absolute Gasteiger partial charge is 0.344 e. The van der Waals surface area contributed by atoms with Crippen molar-refractivity contribution in [3.63, 3.8) is 0 Å². The number of carbonyl (C=O) groups is 3. The fourth-order valence-corrected chi connectivity index (χ4v) is 2.70. The molecule has 2 rings (SSSR count). The molecule has 0 atom stereocenters. The first-order chi connectivity index (χ1) is 14.3. The monoisotopic (exact) mass is 413 g/mol. The predicted octanol–water partition coefficient (Wildman–Crippen LogP) is 3.14. The van der Waals surface area contributed by atoms with Crippen LogP contribution in [-0.4, -0.2) is 38.2 Å². The van der Waals surface area contributed by atoms with Gasteiger partial charge >= 0.3 is 11.9 Å². The van der Waals surface area contributed by atoms with Gasteiger partial charge in [-0.1, -0.05) is 38.1 Å². The van der Waals surface area contributed by atoms with E-state index in [4.69, 9.17) is 9.47 Å². The number of hydrogen-bond acceptors (Lipinski definition) is 6. The molecule has 160 valence electrons. The van der Waals surface area contributed by atoms with Crippen molar-refractivity contribution in [3.05, 3.63) is 64.7 Å². The zero-order chi connectivity index (χ0) is 22.1. The van der Waals surface area contributed by atoms with Crippen LogP contribution in [0.15, 0.2) is 42.5 Å². The Morgan fingerprint density at radius 2 is 1.70 bits per heavy atom. The fraction of sp³-hybridized carbons (Fsp3) is 0.348. The SMILES string of the molecule is COC(=O)c1ccc(CNC(=O)COC(=O)COc2cc(C)ccc2C(C)C)cc1. The molecule has 0 heterocycles. The van der Waals surface area contributed by atoms with Crippen LogP contribution in [0.1, 0.15) is 46.8 Å². The van der Waals surface area contributed by atoms with E-state index in [0.717, 1.165) is 16.7 Å². The Bertz CT molecular complexity index is 889. The zero-order valence-electron chi connectivity index (χ0n) is 17.7. The maximum absolute atomic E-state index is 11.9. The molecule has 0 fully saturated rings. The van der Waals surface area contributed by atoms with Gasteiger partial charge in [0, 0.05) is 6.54 Å². The highest BCUT2D eigenvalue weighted by molar-refractivity contribution is 5.89. The Hall–Kier alpha value is -3.35. The molecule has 0 unspecified atom stereocenters. The van der Waals surface area contributed by atoms with Crippen molar-refractivity contribution in [2.45, 2.75) is 33.2 Å². The average Bonchev–Trinajstić information content (AvgIpc) is 2.74. The second-order valence-corrected chi connectivity index (χ2v) is 7.11. The highest BCUT2D eigenvalue weighted by Gasteiger charge is 2.12. The summed E-state index contributed by atoms with van der Waals surface area (Å²) in [5.74, 6) is -0.584. The van der Waals surface area contributed by atoms with Gasteiger partial charge in [0.15, 0.2) is 13.2 Å². The van der Waals surface area contributed by atoms with Crippen LogP contribution in [0.3, 0.4) is 0 Å². The van der Waals surface area contributed by atoms with Gasteiger partial charge in [0.1, 0.15) is 5.75 Å². The summed E-state index contributed by atoms with van der Waals surface area (Å²) in [6, 6.07) is 12.5. The second-order valence-electron chi connectivity index (χ2n) is 7.11. The first kappa shape index (κ1) is 22.9. The Balaban J connectivity index is 1.75. The molecule has 0 aromatic heterocycles. The van der Waals surface area contributed by atoms with Gasteiger partial charge in [-0.25, -0.2) is 9.59 Å². The summed E-state index contributed by atoms with van der Waals surface area (Å²) in [4.78, 5) is 35.2. The lowest BCUT2D eigenvalue weighted by Gasteiger charge is -2.14. The molecule has 1 amide bonds. The highest BCUT2D eigenvalue weighted by Crippen LogP contribution is 2.27. The van der Waals surface area contributed by atoms with Crippen molar-refractivity contribution in [3.8, 4) is 5.75 Å². The Labute approximate surface area is 176 Å². The van der Waals surface area contributed by atoms with Crippen molar-refractivity contribution < 1.29 is 28.6 Å². The van der Waals surface area contributed by atoms with Crippen LogP contribution < -0.4 is 10.1 Å². The summed E-state index contributed by atoms with van der Waals surface area (Å²) in [6.07, 6.45) is 0. The summed E-state index contributed by atoms with van der Waals surface area (Å²) in [6.45, 7) is 5.61. The maximum Gasteiger partial charge on any atom is 0.344 e. The first-order valence-corrected chi connectivity index (χ1v) is 9.63. The Morgan fingerprint density at radius 3 is 2.33 bits per heavy atom. The van der Waals surface area contributed by atoms with Crippen LogP contribution in [0, 0.1) is 6.92 Å². The lowest BCUT2D eigenvalue weighted by molar-refractivity contribution is -0.150. The standard InChI is InChI=1S/C23H27NO6/c1-15(2)19-10-5-16(3)11-20(19)29-14-22(26)30-13-21(25)24-12-17-6-8-18(9-7-17)23(27)28-4/h5-11,15H,12-14H2,1-4H3,(H,24,25). The number of ether oxygens (including phenoxy) is 3. The van der Waals surface area contributed by atoms with E-state index in [9.17, 15) is 14.4 Å². The average molecular weight is 413 g/mol. The third-order valence-electron chi connectivity index (χ3n) is 4.37. The van der Waals surface area contributed by atoms with E-state index in [1.165, 1.54) is 7.11 Å². The molecule has 0 aliphatic rings. The number of methoxy groups -OCH3 is 1. The number of rotatable bonds is 9. The molecule has 0 saturated heterocycles. The quantitative estimate of drug-likeness (QED) is 0.635. The van der Waals surface area contributed by atoms with E-state index in [2.05, 4.69) is 10.1 Å². The largest absolute Gasteiger partial charge is 0.482 e. The molecule has 0 saturated carbocycles. The molecule has 0 aliphatic carbocycles. The van der Waals surface area contributed by atoms with Crippen LogP contribution >= 0.6 is 0 Å². The number of nitrogens with one attached hydrogen (secondary N) is 1. The van der Waals surface area contributed by atoms with Crippen molar-refractivity contribution in [1.29, 1.82) is 0 Å². The summed E-state index contributed by atoms with van der Waals surface area (Å²) >= 11 is 0. The fourth-order valence-electron chi connectivity index (χ4n) is 2.70. The van der Waals surface area contributed by atoms with Crippen molar-refractivity contribution in [2.24, 2.45) is 0 Å². The number of amides is 1. The van der Waals surface area contributed by atoms with Crippen LogP contribution in [0.25, 0.3) is 0 Å². The van der Waals surface area contributed by atoms with Crippen LogP contribution in [-0.2, 0) is 25.6 Å². The third-order valence-corrected chi connectivity index (χ3v) is 4.37. The highest BCUT2D eigenvalue weighted by atomic mass is 16.6. The molecule has 1 N–H and O–H groups in total. The minimum Gasteiger partial charge on any atom is -0.482 e. The number of benzene rings is 2. The molecule has 0 radical (unpaired) electrons. The third kappa shape index (κ3) is 6.92. The minimum atomic E-state index is -0.621. The van der Waals surface area contributed by atoms with Gasteiger partial charge in [0.25, 0.3) is 5.91 Å². The number of esters is 2. The van der Waals surface area contributed by atoms with Crippen molar-refractivity contribution >= 4 is 17.8 Å². The molecule has 30 heavy (non-hydrogen) atoms. The normalized spacial score (nSPS) is 10.4. The van der Waals surface area contributed by atoms with E-state index in [1.54, 1.807) is 24.3 Å². The molecule has 2 aromatic carbocycles. The summed E-state index contributed by atoms with van der Waals surface area (Å²) in [5, 5.41) is 2.65. The number of aryl methyl sites for hydroxylation is 1. The van der Waals surface area contributed by atoms with E-state index < -0.39 is 24.5 Å². The Morgan fingerprint density at radius 1 is 1.00 bits per heavy atom. The van der Waals surface area contributed by atoms with Gasteiger partial charge in [0.05, 0.1) is 12.7 Å². The van der Waals surface area contributed by atoms with E-state index >= 15 is 0 Å². The molecular weight excluding hydrogens is 386 g/mol. The maximum atomic E-state index is 11.9. The molecular formula is C23H27NO6. The van der Waals surface area contributed by atoms with Crippen molar-refractivity contribution in [2.75, 3.05) is 20.3 Å². The Kier molecular flexibility index (Phi) is 8.41.